The van der Waals surface area contributed by atoms with E-state index in [2.05, 4.69) is 18.7 Å². The van der Waals surface area contributed by atoms with Crippen LogP contribution in [0.4, 0.5) is 0 Å². The Hall–Kier alpha value is -0.240. The molecule has 0 spiro atoms. The first-order valence-electron chi connectivity index (χ1n) is 6.50. The Morgan fingerprint density at radius 1 is 1.38 bits per heavy atom. The van der Waals surface area contributed by atoms with Gasteiger partial charge in [0, 0.05) is 24.9 Å². The Kier molecular flexibility index (Phi) is 6.18. The molecule has 1 aliphatic carbocycles. The van der Waals surface area contributed by atoms with Gasteiger partial charge in [0.15, 0.2) is 0 Å². The highest BCUT2D eigenvalue weighted by atomic mass is 35.5. The zero-order valence-electron chi connectivity index (χ0n) is 10.5. The van der Waals surface area contributed by atoms with Crippen LogP contribution in [0.15, 0.2) is 0 Å². The monoisotopic (exact) mass is 245 g/mol. The van der Waals surface area contributed by atoms with Crippen LogP contribution < -0.4 is 0 Å². The Labute approximate surface area is 104 Å². The van der Waals surface area contributed by atoms with Crippen molar-refractivity contribution < 1.29 is 4.79 Å². The molecule has 0 aliphatic heterocycles. The molecular formula is C13H24ClNO. The molecule has 1 fully saturated rings. The van der Waals surface area contributed by atoms with Crippen molar-refractivity contribution in [2.75, 3.05) is 12.4 Å². The highest BCUT2D eigenvalue weighted by Crippen LogP contribution is 2.28. The molecule has 1 aliphatic rings. The number of alkyl halides is 1. The first kappa shape index (κ1) is 13.8. The second-order valence-electron chi connectivity index (χ2n) is 5.15. The van der Waals surface area contributed by atoms with Gasteiger partial charge < -0.3 is 4.90 Å². The molecule has 0 radical (unpaired) electrons. The highest BCUT2D eigenvalue weighted by molar-refractivity contribution is 6.17. The molecule has 2 nitrogen and oxygen atoms in total. The molecular weight excluding hydrogens is 222 g/mol. The van der Waals surface area contributed by atoms with Crippen molar-refractivity contribution in [2.24, 2.45) is 5.92 Å². The Balaban J connectivity index is 2.28. The van der Waals surface area contributed by atoms with Crippen LogP contribution in [0.25, 0.3) is 0 Å². The first-order valence-corrected chi connectivity index (χ1v) is 7.04. The lowest BCUT2D eigenvalue weighted by Gasteiger charge is -2.23. The van der Waals surface area contributed by atoms with Gasteiger partial charge in [0.25, 0.3) is 0 Å². The van der Waals surface area contributed by atoms with Crippen molar-refractivity contribution in [3.8, 4) is 0 Å². The van der Waals surface area contributed by atoms with Crippen LogP contribution in [-0.2, 0) is 4.79 Å². The minimum Gasteiger partial charge on any atom is -0.340 e. The van der Waals surface area contributed by atoms with Gasteiger partial charge in [0.1, 0.15) is 0 Å². The van der Waals surface area contributed by atoms with Crippen molar-refractivity contribution in [2.45, 2.75) is 58.4 Å². The van der Waals surface area contributed by atoms with Crippen molar-refractivity contribution in [3.05, 3.63) is 0 Å². The molecule has 3 heteroatoms. The van der Waals surface area contributed by atoms with Gasteiger partial charge in [-0.1, -0.05) is 13.8 Å². The predicted molar refractivity (Wildman–Crippen MR) is 68.8 cm³/mol. The average Bonchev–Trinajstić information content (AvgIpc) is 3.02. The molecule has 0 N–H and O–H groups in total. The third kappa shape index (κ3) is 5.20. The summed E-state index contributed by atoms with van der Waals surface area (Å²) in [5.41, 5.74) is 0. The molecule has 0 atom stereocenters. The molecule has 0 aromatic carbocycles. The number of halogens is 1. The van der Waals surface area contributed by atoms with Crippen molar-refractivity contribution in [3.63, 3.8) is 0 Å². The number of hydrogen-bond acceptors (Lipinski definition) is 1. The summed E-state index contributed by atoms with van der Waals surface area (Å²) in [5.74, 6) is 1.69. The standard InChI is InChI=1S/C13H24ClNO/c1-11(2)8-10-15(12-6-7-12)13(16)5-3-4-9-14/h11-12H,3-10H2,1-2H3. The Bertz CT molecular complexity index is 214. The first-order chi connectivity index (χ1) is 7.65. The molecule has 1 rings (SSSR count). The van der Waals surface area contributed by atoms with E-state index < -0.39 is 0 Å². The van der Waals surface area contributed by atoms with Crippen LogP contribution in [0.5, 0.6) is 0 Å². The minimum absolute atomic E-state index is 0.341. The number of rotatable bonds is 8. The summed E-state index contributed by atoms with van der Waals surface area (Å²) >= 11 is 5.62. The summed E-state index contributed by atoms with van der Waals surface area (Å²) in [6.45, 7) is 5.37. The molecule has 0 heterocycles. The van der Waals surface area contributed by atoms with Crippen LogP contribution in [0, 0.1) is 5.92 Å². The van der Waals surface area contributed by atoms with E-state index in [1.165, 1.54) is 12.8 Å². The lowest BCUT2D eigenvalue weighted by Crippen LogP contribution is -2.34. The summed E-state index contributed by atoms with van der Waals surface area (Å²) < 4.78 is 0. The fourth-order valence-corrected chi connectivity index (χ4v) is 2.00. The highest BCUT2D eigenvalue weighted by Gasteiger charge is 2.31. The Morgan fingerprint density at radius 2 is 2.06 bits per heavy atom. The number of unbranched alkanes of at least 4 members (excludes halogenated alkanes) is 1. The Morgan fingerprint density at radius 3 is 2.56 bits per heavy atom. The van der Waals surface area contributed by atoms with E-state index in [1.54, 1.807) is 0 Å². The maximum Gasteiger partial charge on any atom is 0.222 e. The second kappa shape index (κ2) is 7.16. The molecule has 1 saturated carbocycles. The summed E-state index contributed by atoms with van der Waals surface area (Å²) in [4.78, 5) is 14.1. The fourth-order valence-electron chi connectivity index (χ4n) is 1.81. The third-order valence-corrected chi connectivity index (χ3v) is 3.30. The van der Waals surface area contributed by atoms with E-state index in [9.17, 15) is 4.79 Å². The molecule has 0 unspecified atom stereocenters. The lowest BCUT2D eigenvalue weighted by atomic mass is 10.1. The molecule has 0 bridgehead atoms. The van der Waals surface area contributed by atoms with Crippen LogP contribution in [0.2, 0.25) is 0 Å². The quantitative estimate of drug-likeness (QED) is 0.474. The average molecular weight is 246 g/mol. The topological polar surface area (TPSA) is 20.3 Å². The van der Waals surface area contributed by atoms with E-state index in [0.717, 1.165) is 25.8 Å². The van der Waals surface area contributed by atoms with E-state index in [0.29, 0.717) is 30.2 Å². The van der Waals surface area contributed by atoms with Crippen molar-refractivity contribution >= 4 is 17.5 Å². The number of amides is 1. The van der Waals surface area contributed by atoms with Crippen molar-refractivity contribution in [1.82, 2.24) is 4.90 Å². The van der Waals surface area contributed by atoms with Crippen LogP contribution in [0.1, 0.15) is 52.4 Å². The molecule has 0 saturated heterocycles. The normalized spacial score (nSPS) is 15.5. The third-order valence-electron chi connectivity index (χ3n) is 3.03. The SMILES string of the molecule is CC(C)CCN(C(=O)CCCCCl)C1CC1. The molecule has 0 aromatic heterocycles. The predicted octanol–water partition coefficient (Wildman–Crippen LogP) is 3.43. The van der Waals surface area contributed by atoms with Gasteiger partial charge in [0.05, 0.1) is 0 Å². The van der Waals surface area contributed by atoms with E-state index >= 15 is 0 Å². The summed E-state index contributed by atoms with van der Waals surface area (Å²) in [6, 6.07) is 0.558. The van der Waals surface area contributed by atoms with Gasteiger partial charge in [-0.2, -0.15) is 0 Å². The van der Waals surface area contributed by atoms with Gasteiger partial charge in [0.2, 0.25) is 5.91 Å². The van der Waals surface area contributed by atoms with E-state index in [4.69, 9.17) is 11.6 Å². The van der Waals surface area contributed by atoms with Gasteiger partial charge in [-0.15, -0.1) is 11.6 Å². The van der Waals surface area contributed by atoms with Crippen LogP contribution >= 0.6 is 11.6 Å². The van der Waals surface area contributed by atoms with Gasteiger partial charge in [-0.25, -0.2) is 0 Å². The van der Waals surface area contributed by atoms with Gasteiger partial charge >= 0.3 is 0 Å². The van der Waals surface area contributed by atoms with Crippen LogP contribution in [0.3, 0.4) is 0 Å². The number of hydrogen-bond donors (Lipinski definition) is 0. The zero-order chi connectivity index (χ0) is 12.0. The summed E-state index contributed by atoms with van der Waals surface area (Å²) in [6.07, 6.45) is 6.11. The zero-order valence-corrected chi connectivity index (χ0v) is 11.3. The van der Waals surface area contributed by atoms with Crippen molar-refractivity contribution in [1.29, 1.82) is 0 Å². The van der Waals surface area contributed by atoms with Gasteiger partial charge in [-0.05, 0) is 38.0 Å². The smallest absolute Gasteiger partial charge is 0.222 e. The fraction of sp³-hybridized carbons (Fsp3) is 0.923. The molecule has 0 aromatic rings. The lowest BCUT2D eigenvalue weighted by molar-refractivity contribution is -0.132. The second-order valence-corrected chi connectivity index (χ2v) is 5.52. The maximum atomic E-state index is 12.0. The maximum absolute atomic E-state index is 12.0. The number of nitrogens with zero attached hydrogens (tertiary/aromatic N) is 1. The molecule has 16 heavy (non-hydrogen) atoms. The van der Waals surface area contributed by atoms with Gasteiger partial charge in [-0.3, -0.25) is 4.79 Å². The van der Waals surface area contributed by atoms with Crippen LogP contribution in [-0.4, -0.2) is 29.3 Å². The van der Waals surface area contributed by atoms with E-state index in [1.807, 2.05) is 0 Å². The minimum atomic E-state index is 0.341. The molecule has 94 valence electrons. The summed E-state index contributed by atoms with van der Waals surface area (Å²) in [5, 5.41) is 0. The van der Waals surface area contributed by atoms with E-state index in [-0.39, 0.29) is 0 Å². The molecule has 1 amide bonds. The summed E-state index contributed by atoms with van der Waals surface area (Å²) in [7, 11) is 0. The number of carbonyl (C=O) groups is 1. The largest absolute Gasteiger partial charge is 0.340 e. The number of carbonyl (C=O) groups excluding carboxylic acids is 1.